The Labute approximate surface area is 167 Å². The number of nitrogens with zero attached hydrogens (tertiary/aromatic N) is 1. The molecule has 1 rings (SSSR count). The smallest absolute Gasteiger partial charge is 0.225 e. The van der Waals surface area contributed by atoms with Gasteiger partial charge in [0.15, 0.2) is 5.96 Å². The summed E-state index contributed by atoms with van der Waals surface area (Å²) in [5, 5.41) is 11.6. The molecule has 1 aromatic heterocycles. The lowest BCUT2D eigenvalue weighted by molar-refractivity contribution is -0.128. The van der Waals surface area contributed by atoms with Gasteiger partial charge in [0.25, 0.3) is 0 Å². The summed E-state index contributed by atoms with van der Waals surface area (Å²) in [5.74, 6) is 1.37. The highest BCUT2D eigenvalue weighted by Crippen LogP contribution is 2.13. The highest BCUT2D eigenvalue weighted by Gasteiger charge is 2.20. The van der Waals surface area contributed by atoms with E-state index in [1.807, 2.05) is 20.8 Å². The summed E-state index contributed by atoms with van der Waals surface area (Å²) in [6, 6.07) is 4.26. The largest absolute Gasteiger partial charge is 0.356 e. The number of guanidine groups is 1. The van der Waals surface area contributed by atoms with Crippen LogP contribution in [0.5, 0.6) is 0 Å². The highest BCUT2D eigenvalue weighted by atomic mass is 127. The number of carbonyl (C=O) groups is 1. The van der Waals surface area contributed by atoms with Gasteiger partial charge in [0.05, 0.1) is 0 Å². The van der Waals surface area contributed by atoms with Crippen LogP contribution in [-0.2, 0) is 11.2 Å². The standard InChI is InChI=1S/C17H30N4OS.HI/c1-13(11-14-7-6-10-23-14)12-21-16(18-5)20-9-8-19-15(22)17(2,3)4;/h6-7,10,13H,8-9,11-12H2,1-5H3,(H,19,22)(H2,18,20,21);1H. The molecule has 0 fully saturated rings. The Morgan fingerprint density at radius 3 is 2.46 bits per heavy atom. The molecule has 0 bridgehead atoms. The third-order valence-corrected chi connectivity index (χ3v) is 4.25. The lowest BCUT2D eigenvalue weighted by atomic mass is 9.96. The summed E-state index contributed by atoms with van der Waals surface area (Å²) in [7, 11) is 1.76. The fraction of sp³-hybridized carbons (Fsp3) is 0.647. The zero-order valence-corrected chi connectivity index (χ0v) is 18.5. The van der Waals surface area contributed by atoms with Gasteiger partial charge in [-0.15, -0.1) is 35.3 Å². The van der Waals surface area contributed by atoms with E-state index in [1.54, 1.807) is 18.4 Å². The molecule has 7 heteroatoms. The zero-order valence-electron chi connectivity index (χ0n) is 15.3. The van der Waals surface area contributed by atoms with E-state index in [0.717, 1.165) is 18.9 Å². The Bertz CT molecular complexity index is 497. The zero-order chi connectivity index (χ0) is 17.3. The van der Waals surface area contributed by atoms with Crippen molar-refractivity contribution in [3.8, 4) is 0 Å². The normalized spacial score (nSPS) is 13.0. The van der Waals surface area contributed by atoms with Gasteiger partial charge >= 0.3 is 0 Å². The summed E-state index contributed by atoms with van der Waals surface area (Å²) < 4.78 is 0. The van der Waals surface area contributed by atoms with Crippen LogP contribution in [0, 0.1) is 11.3 Å². The molecule has 0 radical (unpaired) electrons. The first-order valence-corrected chi connectivity index (χ1v) is 8.96. The molecule has 24 heavy (non-hydrogen) atoms. The van der Waals surface area contributed by atoms with Gasteiger partial charge in [0.2, 0.25) is 5.91 Å². The fourth-order valence-corrected chi connectivity index (χ4v) is 2.83. The van der Waals surface area contributed by atoms with Crippen molar-refractivity contribution in [2.75, 3.05) is 26.7 Å². The Morgan fingerprint density at radius 1 is 1.25 bits per heavy atom. The van der Waals surface area contributed by atoms with Crippen molar-refractivity contribution in [3.63, 3.8) is 0 Å². The summed E-state index contributed by atoms with van der Waals surface area (Å²) in [5.41, 5.74) is -0.350. The van der Waals surface area contributed by atoms with E-state index in [4.69, 9.17) is 0 Å². The maximum Gasteiger partial charge on any atom is 0.225 e. The average molecular weight is 466 g/mol. The number of rotatable bonds is 7. The number of halogens is 1. The van der Waals surface area contributed by atoms with E-state index in [1.165, 1.54) is 4.88 Å². The summed E-state index contributed by atoms with van der Waals surface area (Å²) in [6.45, 7) is 10.1. The molecule has 138 valence electrons. The molecule has 5 nitrogen and oxygen atoms in total. The summed E-state index contributed by atoms with van der Waals surface area (Å²) in [4.78, 5) is 17.4. The first-order chi connectivity index (χ1) is 10.8. The molecular weight excluding hydrogens is 435 g/mol. The van der Waals surface area contributed by atoms with Crippen molar-refractivity contribution in [1.82, 2.24) is 16.0 Å². The quantitative estimate of drug-likeness (QED) is 0.251. The number of aliphatic imine (C=N–C) groups is 1. The SMILES string of the molecule is CN=C(NCCNC(=O)C(C)(C)C)NCC(C)Cc1cccs1.I. The maximum absolute atomic E-state index is 11.8. The monoisotopic (exact) mass is 466 g/mol. The predicted octanol–water partition coefficient (Wildman–Crippen LogP) is 2.87. The van der Waals surface area contributed by atoms with Crippen LogP contribution in [0.15, 0.2) is 22.5 Å². The molecule has 0 saturated heterocycles. The fourth-order valence-electron chi connectivity index (χ4n) is 1.96. The number of hydrogen-bond acceptors (Lipinski definition) is 3. The summed E-state index contributed by atoms with van der Waals surface area (Å²) >= 11 is 1.80. The van der Waals surface area contributed by atoms with E-state index >= 15 is 0 Å². The average Bonchev–Trinajstić information content (AvgIpc) is 2.98. The van der Waals surface area contributed by atoms with Crippen LogP contribution in [0.1, 0.15) is 32.6 Å². The molecule has 0 aliphatic carbocycles. The molecule has 1 atom stereocenters. The van der Waals surface area contributed by atoms with Crippen LogP contribution in [0.2, 0.25) is 0 Å². The van der Waals surface area contributed by atoms with Crippen molar-refractivity contribution < 1.29 is 4.79 Å². The van der Waals surface area contributed by atoms with Crippen molar-refractivity contribution in [2.24, 2.45) is 16.3 Å². The molecule has 0 saturated carbocycles. The van der Waals surface area contributed by atoms with Crippen LogP contribution in [0.4, 0.5) is 0 Å². The van der Waals surface area contributed by atoms with Crippen LogP contribution in [0.25, 0.3) is 0 Å². The Balaban J connectivity index is 0.00000529. The molecule has 1 amide bonds. The second-order valence-electron chi connectivity index (χ2n) is 6.77. The molecular formula is C17H31IN4OS. The minimum absolute atomic E-state index is 0. The van der Waals surface area contributed by atoms with E-state index in [9.17, 15) is 4.79 Å². The van der Waals surface area contributed by atoms with Gasteiger partial charge in [0, 0.05) is 37.0 Å². The van der Waals surface area contributed by atoms with Crippen LogP contribution < -0.4 is 16.0 Å². The van der Waals surface area contributed by atoms with Crippen LogP contribution >= 0.6 is 35.3 Å². The van der Waals surface area contributed by atoms with E-state index in [0.29, 0.717) is 19.0 Å². The van der Waals surface area contributed by atoms with Crippen LogP contribution in [0.3, 0.4) is 0 Å². The van der Waals surface area contributed by atoms with Gasteiger partial charge in [-0.1, -0.05) is 33.8 Å². The minimum Gasteiger partial charge on any atom is -0.356 e. The van der Waals surface area contributed by atoms with Crippen molar-refractivity contribution in [2.45, 2.75) is 34.1 Å². The number of carbonyl (C=O) groups excluding carboxylic acids is 1. The second kappa shape index (κ2) is 11.7. The van der Waals surface area contributed by atoms with E-state index in [2.05, 4.69) is 45.4 Å². The molecule has 1 heterocycles. The molecule has 0 aliphatic rings. The van der Waals surface area contributed by atoms with Gasteiger partial charge in [-0.3, -0.25) is 9.79 Å². The van der Waals surface area contributed by atoms with Crippen molar-refractivity contribution >= 4 is 47.2 Å². The first-order valence-electron chi connectivity index (χ1n) is 8.08. The third kappa shape index (κ3) is 9.46. The second-order valence-corrected chi connectivity index (χ2v) is 7.81. The van der Waals surface area contributed by atoms with Crippen molar-refractivity contribution in [3.05, 3.63) is 22.4 Å². The summed E-state index contributed by atoms with van der Waals surface area (Å²) in [6.07, 6.45) is 1.07. The number of nitrogens with one attached hydrogen (secondary N) is 3. The number of thiophene rings is 1. The molecule has 3 N–H and O–H groups in total. The molecule has 0 aromatic carbocycles. The number of amides is 1. The van der Waals surface area contributed by atoms with Gasteiger partial charge in [-0.2, -0.15) is 0 Å². The predicted molar refractivity (Wildman–Crippen MR) is 114 cm³/mol. The molecule has 1 unspecified atom stereocenters. The van der Waals surface area contributed by atoms with Gasteiger partial charge < -0.3 is 16.0 Å². The minimum atomic E-state index is -0.350. The van der Waals surface area contributed by atoms with Gasteiger partial charge in [-0.25, -0.2) is 0 Å². The van der Waals surface area contributed by atoms with Gasteiger partial charge in [0.1, 0.15) is 0 Å². The molecule has 1 aromatic rings. The van der Waals surface area contributed by atoms with Gasteiger partial charge in [-0.05, 0) is 23.8 Å². The molecule has 0 aliphatic heterocycles. The third-order valence-electron chi connectivity index (χ3n) is 3.36. The van der Waals surface area contributed by atoms with E-state index in [-0.39, 0.29) is 35.3 Å². The lowest BCUT2D eigenvalue weighted by Gasteiger charge is -2.19. The van der Waals surface area contributed by atoms with E-state index < -0.39 is 0 Å². The van der Waals surface area contributed by atoms with Crippen molar-refractivity contribution in [1.29, 1.82) is 0 Å². The highest BCUT2D eigenvalue weighted by molar-refractivity contribution is 14.0. The lowest BCUT2D eigenvalue weighted by Crippen LogP contribution is -2.44. The Hall–Kier alpha value is -0.830. The molecule has 0 spiro atoms. The van der Waals surface area contributed by atoms with Crippen LogP contribution in [-0.4, -0.2) is 38.5 Å². The Kier molecular flexibility index (Phi) is 11.3. The first kappa shape index (κ1) is 23.2. The number of hydrogen-bond donors (Lipinski definition) is 3. The Morgan fingerprint density at radius 2 is 1.92 bits per heavy atom. The maximum atomic E-state index is 11.8. The topological polar surface area (TPSA) is 65.5 Å².